The second kappa shape index (κ2) is 5.29. The topological polar surface area (TPSA) is 29.9 Å². The highest BCUT2D eigenvalue weighted by molar-refractivity contribution is 5.76. The molecule has 3 rings (SSSR count). The quantitative estimate of drug-likeness (QED) is 0.917. The van der Waals surface area contributed by atoms with Gasteiger partial charge in [0, 0.05) is 19.0 Å². The van der Waals surface area contributed by atoms with E-state index < -0.39 is 0 Å². The molecule has 19 heavy (non-hydrogen) atoms. The Balaban J connectivity index is 1.84. The van der Waals surface area contributed by atoms with Crippen LogP contribution in [0.4, 0.5) is 4.39 Å². The van der Waals surface area contributed by atoms with E-state index in [1.807, 2.05) is 6.07 Å². The van der Waals surface area contributed by atoms with Gasteiger partial charge in [0.1, 0.15) is 11.6 Å². The van der Waals surface area contributed by atoms with Gasteiger partial charge in [0.15, 0.2) is 0 Å². The number of hydrogen-bond acceptors (Lipinski definition) is 2. The van der Waals surface area contributed by atoms with Gasteiger partial charge in [-0.2, -0.15) is 0 Å². The lowest BCUT2D eigenvalue weighted by Crippen LogP contribution is -2.11. The molecule has 3 nitrogen and oxygen atoms in total. The third kappa shape index (κ3) is 2.50. The van der Waals surface area contributed by atoms with E-state index in [1.165, 1.54) is 25.0 Å². The number of imidazole rings is 1. The van der Waals surface area contributed by atoms with Gasteiger partial charge in [0.2, 0.25) is 0 Å². The molecular weight excluding hydrogens is 241 g/mol. The predicted octanol–water partition coefficient (Wildman–Crippen LogP) is 2.74. The van der Waals surface area contributed by atoms with Crippen LogP contribution >= 0.6 is 0 Å². The summed E-state index contributed by atoms with van der Waals surface area (Å²) in [7, 11) is 0. The van der Waals surface area contributed by atoms with Gasteiger partial charge in [-0.3, -0.25) is 0 Å². The molecule has 0 amide bonds. The maximum atomic E-state index is 13.3. The second-order valence-corrected chi connectivity index (χ2v) is 5.30. The van der Waals surface area contributed by atoms with Crippen LogP contribution in [-0.2, 0) is 13.0 Å². The minimum Gasteiger partial charge on any atom is -0.328 e. The number of halogens is 1. The summed E-state index contributed by atoms with van der Waals surface area (Å²) >= 11 is 0. The van der Waals surface area contributed by atoms with Crippen LogP contribution in [0.3, 0.4) is 0 Å². The van der Waals surface area contributed by atoms with E-state index in [0.717, 1.165) is 48.8 Å². The molecule has 0 bridgehead atoms. The molecule has 1 fully saturated rings. The van der Waals surface area contributed by atoms with Gasteiger partial charge >= 0.3 is 0 Å². The Labute approximate surface area is 112 Å². The molecule has 4 heteroatoms. The van der Waals surface area contributed by atoms with E-state index in [1.54, 1.807) is 0 Å². The lowest BCUT2D eigenvalue weighted by atomic mass is 10.0. The molecule has 0 saturated carbocycles. The molecule has 0 aliphatic carbocycles. The molecule has 1 saturated heterocycles. The second-order valence-electron chi connectivity index (χ2n) is 5.30. The molecule has 1 aliphatic rings. The van der Waals surface area contributed by atoms with E-state index in [9.17, 15) is 4.39 Å². The molecule has 1 aromatic heterocycles. The summed E-state index contributed by atoms with van der Waals surface area (Å²) in [5.41, 5.74) is 1.82. The maximum absolute atomic E-state index is 13.3. The number of rotatable bonds is 4. The van der Waals surface area contributed by atoms with E-state index >= 15 is 0 Å². The Bertz CT molecular complexity index is 570. The third-order valence-corrected chi connectivity index (χ3v) is 4.04. The molecule has 2 aromatic rings. The molecule has 2 heterocycles. The minimum atomic E-state index is -0.209. The van der Waals surface area contributed by atoms with Crippen LogP contribution in [0.2, 0.25) is 0 Å². The van der Waals surface area contributed by atoms with Crippen molar-refractivity contribution in [2.24, 2.45) is 5.92 Å². The average molecular weight is 261 g/mol. The zero-order valence-electron chi connectivity index (χ0n) is 11.3. The summed E-state index contributed by atoms with van der Waals surface area (Å²) in [6.07, 6.45) is 3.41. The summed E-state index contributed by atoms with van der Waals surface area (Å²) in [5.74, 6) is 1.65. The first-order valence-electron chi connectivity index (χ1n) is 7.13. The average Bonchev–Trinajstić information content (AvgIpc) is 3.02. The first-order valence-corrected chi connectivity index (χ1v) is 7.13. The smallest absolute Gasteiger partial charge is 0.125 e. The van der Waals surface area contributed by atoms with Crippen LogP contribution in [0, 0.1) is 11.7 Å². The number of hydrogen-bond donors (Lipinski definition) is 1. The fourth-order valence-electron chi connectivity index (χ4n) is 2.99. The van der Waals surface area contributed by atoms with E-state index in [2.05, 4.69) is 21.8 Å². The van der Waals surface area contributed by atoms with Crippen molar-refractivity contribution in [2.75, 3.05) is 13.1 Å². The van der Waals surface area contributed by atoms with Crippen molar-refractivity contribution in [1.29, 1.82) is 0 Å². The van der Waals surface area contributed by atoms with Crippen molar-refractivity contribution in [3.8, 4) is 0 Å². The number of nitrogens with one attached hydrogen (secondary N) is 1. The first-order chi connectivity index (χ1) is 9.28. The number of benzene rings is 1. The SMILES string of the molecule is CCn1c(CCC2CCNC2)nc2cc(F)ccc21. The van der Waals surface area contributed by atoms with Crippen LogP contribution in [0.15, 0.2) is 18.2 Å². The maximum Gasteiger partial charge on any atom is 0.125 e. The minimum absolute atomic E-state index is 0.209. The van der Waals surface area contributed by atoms with E-state index in [4.69, 9.17) is 0 Å². The van der Waals surface area contributed by atoms with Gasteiger partial charge < -0.3 is 9.88 Å². The molecule has 1 aromatic carbocycles. The van der Waals surface area contributed by atoms with Gasteiger partial charge in [-0.15, -0.1) is 0 Å². The molecule has 0 radical (unpaired) electrons. The first kappa shape index (κ1) is 12.6. The normalized spacial score (nSPS) is 19.4. The van der Waals surface area contributed by atoms with Crippen molar-refractivity contribution in [2.45, 2.75) is 32.7 Å². The molecule has 1 N–H and O–H groups in total. The Morgan fingerprint density at radius 2 is 2.37 bits per heavy atom. The van der Waals surface area contributed by atoms with Gasteiger partial charge in [0.25, 0.3) is 0 Å². The highest BCUT2D eigenvalue weighted by Gasteiger charge is 2.16. The van der Waals surface area contributed by atoms with E-state index in [-0.39, 0.29) is 5.82 Å². The lowest BCUT2D eigenvalue weighted by Gasteiger charge is -2.09. The lowest BCUT2D eigenvalue weighted by molar-refractivity contribution is 0.516. The summed E-state index contributed by atoms with van der Waals surface area (Å²) < 4.78 is 15.5. The van der Waals surface area contributed by atoms with Crippen LogP contribution in [0.5, 0.6) is 0 Å². The summed E-state index contributed by atoms with van der Waals surface area (Å²) in [5, 5.41) is 3.39. The van der Waals surface area contributed by atoms with Gasteiger partial charge in [-0.1, -0.05) is 0 Å². The molecule has 1 unspecified atom stereocenters. The Kier molecular flexibility index (Phi) is 3.51. The molecular formula is C15H20FN3. The summed E-state index contributed by atoms with van der Waals surface area (Å²) in [4.78, 5) is 4.61. The van der Waals surface area contributed by atoms with Crippen molar-refractivity contribution < 1.29 is 4.39 Å². The van der Waals surface area contributed by atoms with Crippen molar-refractivity contribution >= 4 is 11.0 Å². The van der Waals surface area contributed by atoms with Crippen molar-refractivity contribution in [3.63, 3.8) is 0 Å². The molecule has 1 atom stereocenters. The van der Waals surface area contributed by atoms with Gasteiger partial charge in [-0.05, 0) is 50.9 Å². The number of aromatic nitrogens is 2. The number of fused-ring (bicyclic) bond motifs is 1. The highest BCUT2D eigenvalue weighted by Crippen LogP contribution is 2.21. The Morgan fingerprint density at radius 3 is 3.11 bits per heavy atom. The van der Waals surface area contributed by atoms with Gasteiger partial charge in [-0.25, -0.2) is 9.37 Å². The molecule has 0 spiro atoms. The fraction of sp³-hybridized carbons (Fsp3) is 0.533. The standard InChI is InChI=1S/C15H20FN3/c1-2-19-14-5-4-12(16)9-13(14)18-15(19)6-3-11-7-8-17-10-11/h4-5,9,11,17H,2-3,6-8,10H2,1H3. The summed E-state index contributed by atoms with van der Waals surface area (Å²) in [6, 6.07) is 4.88. The fourth-order valence-corrected chi connectivity index (χ4v) is 2.99. The Hall–Kier alpha value is -1.42. The van der Waals surface area contributed by atoms with Crippen LogP contribution in [0.1, 0.15) is 25.6 Å². The number of aryl methyl sites for hydroxylation is 2. The monoisotopic (exact) mass is 261 g/mol. The van der Waals surface area contributed by atoms with E-state index in [0.29, 0.717) is 0 Å². The highest BCUT2D eigenvalue weighted by atomic mass is 19.1. The zero-order chi connectivity index (χ0) is 13.2. The van der Waals surface area contributed by atoms with Crippen molar-refractivity contribution in [1.82, 2.24) is 14.9 Å². The van der Waals surface area contributed by atoms with Crippen LogP contribution in [-0.4, -0.2) is 22.6 Å². The Morgan fingerprint density at radius 1 is 1.47 bits per heavy atom. The third-order valence-electron chi connectivity index (χ3n) is 4.04. The van der Waals surface area contributed by atoms with Gasteiger partial charge in [0.05, 0.1) is 11.0 Å². The largest absolute Gasteiger partial charge is 0.328 e. The van der Waals surface area contributed by atoms with Crippen molar-refractivity contribution in [3.05, 3.63) is 29.8 Å². The van der Waals surface area contributed by atoms with Crippen LogP contribution in [0.25, 0.3) is 11.0 Å². The zero-order valence-corrected chi connectivity index (χ0v) is 11.3. The van der Waals surface area contributed by atoms with Crippen LogP contribution < -0.4 is 5.32 Å². The molecule has 102 valence electrons. The number of nitrogens with zero attached hydrogens (tertiary/aromatic N) is 2. The summed E-state index contributed by atoms with van der Waals surface area (Å²) in [6.45, 7) is 5.27. The predicted molar refractivity (Wildman–Crippen MR) is 74.7 cm³/mol. The molecule has 1 aliphatic heterocycles.